The van der Waals surface area contributed by atoms with Gasteiger partial charge in [-0.2, -0.15) is 0 Å². The first-order valence-electron chi connectivity index (χ1n) is 6.07. The van der Waals surface area contributed by atoms with Crippen molar-refractivity contribution in [2.45, 2.75) is 31.7 Å². The predicted octanol–water partition coefficient (Wildman–Crippen LogP) is 0.954. The topological polar surface area (TPSA) is 47.6 Å². The highest BCUT2D eigenvalue weighted by Gasteiger charge is 2.44. The van der Waals surface area contributed by atoms with Crippen LogP contribution in [0.25, 0.3) is 0 Å². The SMILES string of the molecule is COC(=O)C1(C)CC(C2CCOCC2)CN1. The van der Waals surface area contributed by atoms with Gasteiger partial charge in [-0.1, -0.05) is 0 Å². The highest BCUT2D eigenvalue weighted by Crippen LogP contribution is 2.34. The third-order valence-electron chi connectivity index (χ3n) is 3.99. The van der Waals surface area contributed by atoms with Gasteiger partial charge in [0, 0.05) is 13.2 Å². The minimum atomic E-state index is -0.474. The molecule has 2 atom stereocenters. The Balaban J connectivity index is 1.93. The second-order valence-corrected chi connectivity index (χ2v) is 5.12. The fraction of sp³-hybridized carbons (Fsp3) is 0.917. The van der Waals surface area contributed by atoms with E-state index in [4.69, 9.17) is 9.47 Å². The number of nitrogens with one attached hydrogen (secondary N) is 1. The maximum absolute atomic E-state index is 11.7. The number of carbonyl (C=O) groups is 1. The first-order valence-corrected chi connectivity index (χ1v) is 6.07. The molecule has 0 aromatic rings. The van der Waals surface area contributed by atoms with Gasteiger partial charge in [0.15, 0.2) is 0 Å². The van der Waals surface area contributed by atoms with E-state index in [1.807, 2.05) is 6.92 Å². The molecule has 2 aliphatic rings. The Labute approximate surface area is 96.7 Å². The van der Waals surface area contributed by atoms with E-state index in [-0.39, 0.29) is 5.97 Å². The number of methoxy groups -OCH3 is 1. The third kappa shape index (κ3) is 2.23. The molecule has 16 heavy (non-hydrogen) atoms. The summed E-state index contributed by atoms with van der Waals surface area (Å²) in [7, 11) is 1.46. The maximum Gasteiger partial charge on any atom is 0.325 e. The molecule has 2 rings (SSSR count). The van der Waals surface area contributed by atoms with E-state index in [9.17, 15) is 4.79 Å². The Morgan fingerprint density at radius 2 is 2.06 bits per heavy atom. The van der Waals surface area contributed by atoms with Gasteiger partial charge in [0.2, 0.25) is 0 Å². The van der Waals surface area contributed by atoms with Gasteiger partial charge in [0.25, 0.3) is 0 Å². The summed E-state index contributed by atoms with van der Waals surface area (Å²) in [4.78, 5) is 11.7. The Bertz CT molecular complexity index is 263. The van der Waals surface area contributed by atoms with Gasteiger partial charge in [-0.25, -0.2) is 0 Å². The summed E-state index contributed by atoms with van der Waals surface area (Å²) in [6.07, 6.45) is 3.15. The van der Waals surface area contributed by atoms with Gasteiger partial charge in [-0.05, 0) is 44.6 Å². The number of hydrogen-bond donors (Lipinski definition) is 1. The predicted molar refractivity (Wildman–Crippen MR) is 60.1 cm³/mol. The van der Waals surface area contributed by atoms with Crippen molar-refractivity contribution < 1.29 is 14.3 Å². The van der Waals surface area contributed by atoms with E-state index in [2.05, 4.69) is 5.32 Å². The average molecular weight is 227 g/mol. The lowest BCUT2D eigenvalue weighted by Gasteiger charge is -2.28. The summed E-state index contributed by atoms with van der Waals surface area (Å²) < 4.78 is 10.2. The number of esters is 1. The lowest BCUT2D eigenvalue weighted by molar-refractivity contribution is -0.147. The molecule has 0 aliphatic carbocycles. The minimum Gasteiger partial charge on any atom is -0.468 e. The summed E-state index contributed by atoms with van der Waals surface area (Å²) in [5.41, 5.74) is -0.474. The zero-order valence-electron chi connectivity index (χ0n) is 10.1. The fourth-order valence-electron chi connectivity index (χ4n) is 2.93. The molecule has 0 radical (unpaired) electrons. The van der Waals surface area contributed by atoms with Crippen LogP contribution in [0.2, 0.25) is 0 Å². The average Bonchev–Trinajstić information content (AvgIpc) is 2.73. The molecule has 2 saturated heterocycles. The third-order valence-corrected chi connectivity index (χ3v) is 3.99. The van der Waals surface area contributed by atoms with Crippen LogP contribution in [0.4, 0.5) is 0 Å². The first kappa shape index (κ1) is 11.9. The molecule has 92 valence electrons. The molecule has 0 bridgehead atoms. The molecule has 2 fully saturated rings. The zero-order chi connectivity index (χ0) is 11.6. The standard InChI is InChI=1S/C12H21NO3/c1-12(11(14)15-2)7-10(8-13-12)9-3-5-16-6-4-9/h9-10,13H,3-8H2,1-2H3. The Kier molecular flexibility index (Phi) is 3.50. The van der Waals surface area contributed by atoms with Gasteiger partial charge in [-0.3, -0.25) is 4.79 Å². The Morgan fingerprint density at radius 1 is 1.38 bits per heavy atom. The van der Waals surface area contributed by atoms with Gasteiger partial charge >= 0.3 is 5.97 Å². The summed E-state index contributed by atoms with van der Waals surface area (Å²) in [6, 6.07) is 0. The number of ether oxygens (including phenoxy) is 2. The molecule has 2 heterocycles. The monoisotopic (exact) mass is 227 g/mol. The first-order chi connectivity index (χ1) is 7.65. The lowest BCUT2D eigenvalue weighted by atomic mass is 9.82. The lowest BCUT2D eigenvalue weighted by Crippen LogP contribution is -2.45. The molecule has 0 spiro atoms. The number of carbonyl (C=O) groups excluding carboxylic acids is 1. The second kappa shape index (κ2) is 4.72. The Morgan fingerprint density at radius 3 is 2.69 bits per heavy atom. The maximum atomic E-state index is 11.7. The van der Waals surface area contributed by atoms with Crippen LogP contribution in [0.5, 0.6) is 0 Å². The molecule has 0 saturated carbocycles. The van der Waals surface area contributed by atoms with Gasteiger partial charge in [0.05, 0.1) is 7.11 Å². The largest absolute Gasteiger partial charge is 0.468 e. The van der Waals surface area contributed by atoms with Crippen molar-refractivity contribution in [1.29, 1.82) is 0 Å². The van der Waals surface area contributed by atoms with Crippen molar-refractivity contribution in [2.75, 3.05) is 26.9 Å². The van der Waals surface area contributed by atoms with Crippen molar-refractivity contribution in [1.82, 2.24) is 5.32 Å². The van der Waals surface area contributed by atoms with E-state index in [1.54, 1.807) is 0 Å². The van der Waals surface area contributed by atoms with Crippen LogP contribution in [0, 0.1) is 11.8 Å². The molecular formula is C12H21NO3. The number of rotatable bonds is 2. The van der Waals surface area contributed by atoms with E-state index in [0.29, 0.717) is 11.8 Å². The Hall–Kier alpha value is -0.610. The van der Waals surface area contributed by atoms with E-state index in [1.165, 1.54) is 7.11 Å². The zero-order valence-corrected chi connectivity index (χ0v) is 10.1. The molecule has 0 amide bonds. The van der Waals surface area contributed by atoms with Crippen LogP contribution in [0.3, 0.4) is 0 Å². The quantitative estimate of drug-likeness (QED) is 0.714. The molecule has 4 nitrogen and oxygen atoms in total. The van der Waals surface area contributed by atoms with Crippen molar-refractivity contribution in [3.8, 4) is 0 Å². The molecular weight excluding hydrogens is 206 g/mol. The van der Waals surface area contributed by atoms with Crippen LogP contribution >= 0.6 is 0 Å². The van der Waals surface area contributed by atoms with Crippen LogP contribution in [-0.2, 0) is 14.3 Å². The van der Waals surface area contributed by atoms with E-state index in [0.717, 1.165) is 39.0 Å². The molecule has 0 aromatic heterocycles. The molecule has 2 unspecified atom stereocenters. The van der Waals surface area contributed by atoms with Crippen molar-refractivity contribution in [2.24, 2.45) is 11.8 Å². The summed E-state index contributed by atoms with van der Waals surface area (Å²) in [5, 5.41) is 3.32. The molecule has 4 heteroatoms. The van der Waals surface area contributed by atoms with E-state index < -0.39 is 5.54 Å². The van der Waals surface area contributed by atoms with Gasteiger partial charge < -0.3 is 14.8 Å². The van der Waals surface area contributed by atoms with Crippen molar-refractivity contribution >= 4 is 5.97 Å². The molecule has 0 aromatic carbocycles. The van der Waals surface area contributed by atoms with Gasteiger partial charge in [0.1, 0.15) is 5.54 Å². The fourth-order valence-corrected chi connectivity index (χ4v) is 2.93. The van der Waals surface area contributed by atoms with Crippen LogP contribution in [0.1, 0.15) is 26.2 Å². The molecule has 2 aliphatic heterocycles. The van der Waals surface area contributed by atoms with Crippen molar-refractivity contribution in [3.05, 3.63) is 0 Å². The highest BCUT2D eigenvalue weighted by molar-refractivity contribution is 5.80. The summed E-state index contributed by atoms with van der Waals surface area (Å²) in [5.74, 6) is 1.16. The van der Waals surface area contributed by atoms with Gasteiger partial charge in [-0.15, -0.1) is 0 Å². The van der Waals surface area contributed by atoms with Crippen LogP contribution in [-0.4, -0.2) is 38.4 Å². The van der Waals surface area contributed by atoms with Crippen molar-refractivity contribution in [3.63, 3.8) is 0 Å². The molecule has 1 N–H and O–H groups in total. The summed E-state index contributed by atoms with van der Waals surface area (Å²) in [6.45, 7) is 4.61. The van der Waals surface area contributed by atoms with E-state index >= 15 is 0 Å². The smallest absolute Gasteiger partial charge is 0.325 e. The highest BCUT2D eigenvalue weighted by atomic mass is 16.5. The van der Waals surface area contributed by atoms with Crippen LogP contribution in [0.15, 0.2) is 0 Å². The van der Waals surface area contributed by atoms with Crippen LogP contribution < -0.4 is 5.32 Å². The normalized spacial score (nSPS) is 36.2. The summed E-state index contributed by atoms with van der Waals surface area (Å²) >= 11 is 0. The second-order valence-electron chi connectivity index (χ2n) is 5.12. The number of hydrogen-bond acceptors (Lipinski definition) is 4. The minimum absolute atomic E-state index is 0.137.